The minimum atomic E-state index is -0.548. The lowest BCUT2D eigenvalue weighted by atomic mass is 9.92. The molecule has 1 saturated heterocycles. The van der Waals surface area contributed by atoms with Crippen molar-refractivity contribution in [3.63, 3.8) is 0 Å². The van der Waals surface area contributed by atoms with Crippen LogP contribution in [0.1, 0.15) is 11.8 Å². The number of hydrogen-bond acceptors (Lipinski definition) is 4. The number of anilines is 1. The number of nitrogens with two attached hydrogens (primary N) is 1. The highest BCUT2D eigenvalue weighted by Gasteiger charge is 2.48. The summed E-state index contributed by atoms with van der Waals surface area (Å²) in [4.78, 5) is 13.6. The summed E-state index contributed by atoms with van der Waals surface area (Å²) in [5.74, 6) is 1.34. The van der Waals surface area contributed by atoms with Gasteiger partial charge in [0.05, 0.1) is 13.4 Å². The molecule has 3 rings (SSSR count). The van der Waals surface area contributed by atoms with Crippen LogP contribution in [-0.4, -0.2) is 19.1 Å². The lowest BCUT2D eigenvalue weighted by Gasteiger charge is -2.44. The highest BCUT2D eigenvalue weighted by Crippen LogP contribution is 2.38. The van der Waals surface area contributed by atoms with E-state index >= 15 is 0 Å². The Labute approximate surface area is 110 Å². The molecule has 1 amide bonds. The summed E-state index contributed by atoms with van der Waals surface area (Å²) in [6.45, 7) is 0. The molecule has 2 N–H and O–H groups in total. The van der Waals surface area contributed by atoms with Crippen LogP contribution in [0.25, 0.3) is 0 Å². The van der Waals surface area contributed by atoms with E-state index in [9.17, 15) is 4.79 Å². The Morgan fingerprint density at radius 2 is 2.00 bits per heavy atom. The van der Waals surface area contributed by atoms with Gasteiger partial charge in [-0.2, -0.15) is 0 Å². The zero-order valence-electron chi connectivity index (χ0n) is 10.4. The molecule has 2 atom stereocenters. The van der Waals surface area contributed by atoms with Crippen molar-refractivity contribution in [2.75, 3.05) is 12.0 Å². The van der Waals surface area contributed by atoms with E-state index < -0.39 is 6.04 Å². The number of hydrogen-bond donors (Lipinski definition) is 1. The molecule has 1 aliphatic heterocycles. The van der Waals surface area contributed by atoms with Crippen LogP contribution in [0.2, 0.25) is 0 Å². The van der Waals surface area contributed by atoms with E-state index in [4.69, 9.17) is 14.9 Å². The molecule has 0 spiro atoms. The summed E-state index contributed by atoms with van der Waals surface area (Å²) in [5.41, 5.74) is 6.65. The third-order valence-corrected chi connectivity index (χ3v) is 3.33. The predicted molar refractivity (Wildman–Crippen MR) is 69.9 cm³/mol. The van der Waals surface area contributed by atoms with Gasteiger partial charge in [-0.05, 0) is 36.4 Å². The molecule has 0 bridgehead atoms. The topological polar surface area (TPSA) is 68.7 Å². The van der Waals surface area contributed by atoms with Crippen molar-refractivity contribution in [1.82, 2.24) is 0 Å². The van der Waals surface area contributed by atoms with Gasteiger partial charge < -0.3 is 14.9 Å². The van der Waals surface area contributed by atoms with Gasteiger partial charge in [-0.1, -0.05) is 0 Å². The Bertz CT molecular complexity index is 577. The number of furan rings is 1. The summed E-state index contributed by atoms with van der Waals surface area (Å²) in [5, 5.41) is 0. The molecule has 1 aliphatic rings. The number of carbonyl (C=O) groups is 1. The minimum Gasteiger partial charge on any atom is -0.497 e. The molecule has 19 heavy (non-hydrogen) atoms. The molecule has 2 aromatic rings. The second-order valence-electron chi connectivity index (χ2n) is 4.39. The minimum absolute atomic E-state index is 0.105. The number of carbonyl (C=O) groups excluding carboxylic acids is 1. The van der Waals surface area contributed by atoms with Crippen molar-refractivity contribution in [3.8, 4) is 5.75 Å². The number of β-lactam (4-membered cyclic amide) rings is 1. The summed E-state index contributed by atoms with van der Waals surface area (Å²) in [6, 6.07) is 10.1. The van der Waals surface area contributed by atoms with E-state index in [1.807, 2.05) is 30.3 Å². The summed E-state index contributed by atoms with van der Waals surface area (Å²) in [7, 11) is 1.60. The smallest absolute Gasteiger partial charge is 0.247 e. The fourth-order valence-electron chi connectivity index (χ4n) is 2.31. The van der Waals surface area contributed by atoms with Crippen molar-refractivity contribution < 1.29 is 13.9 Å². The van der Waals surface area contributed by atoms with Crippen LogP contribution in [0, 0.1) is 0 Å². The average Bonchev–Trinajstić information content (AvgIpc) is 2.97. The molecule has 5 heteroatoms. The van der Waals surface area contributed by atoms with Crippen molar-refractivity contribution in [1.29, 1.82) is 0 Å². The van der Waals surface area contributed by atoms with Crippen LogP contribution in [0.15, 0.2) is 47.1 Å². The second kappa shape index (κ2) is 4.44. The third kappa shape index (κ3) is 1.79. The molecule has 98 valence electrons. The largest absolute Gasteiger partial charge is 0.497 e. The molecule has 1 aromatic heterocycles. The first-order valence-electron chi connectivity index (χ1n) is 5.98. The van der Waals surface area contributed by atoms with Crippen molar-refractivity contribution >= 4 is 11.6 Å². The Hall–Kier alpha value is -2.27. The van der Waals surface area contributed by atoms with Crippen LogP contribution < -0.4 is 15.4 Å². The van der Waals surface area contributed by atoms with Gasteiger partial charge in [0.2, 0.25) is 5.91 Å². The molecular weight excluding hydrogens is 244 g/mol. The number of ether oxygens (including phenoxy) is 1. The number of rotatable bonds is 3. The fraction of sp³-hybridized carbons (Fsp3) is 0.214. The van der Waals surface area contributed by atoms with Crippen molar-refractivity contribution in [2.45, 2.75) is 12.1 Å². The van der Waals surface area contributed by atoms with Crippen LogP contribution in [-0.2, 0) is 4.79 Å². The number of benzene rings is 1. The van der Waals surface area contributed by atoms with Crippen LogP contribution >= 0.6 is 0 Å². The monoisotopic (exact) mass is 258 g/mol. The van der Waals surface area contributed by atoms with Gasteiger partial charge in [0.25, 0.3) is 0 Å². The zero-order chi connectivity index (χ0) is 13.4. The molecule has 5 nitrogen and oxygen atoms in total. The summed E-state index contributed by atoms with van der Waals surface area (Å²) >= 11 is 0. The second-order valence-corrected chi connectivity index (χ2v) is 4.39. The first-order chi connectivity index (χ1) is 9.22. The third-order valence-electron chi connectivity index (χ3n) is 3.33. The Kier molecular flexibility index (Phi) is 2.76. The molecule has 2 heterocycles. The first-order valence-corrected chi connectivity index (χ1v) is 5.98. The maximum Gasteiger partial charge on any atom is 0.247 e. The SMILES string of the molecule is COc1ccc(N2C(=O)[C@H](N)[C@H]2c2ccco2)cc1. The van der Waals surface area contributed by atoms with E-state index in [-0.39, 0.29) is 11.9 Å². The normalized spacial score (nSPS) is 22.2. The number of amides is 1. The van der Waals surface area contributed by atoms with Gasteiger partial charge >= 0.3 is 0 Å². The molecule has 0 aliphatic carbocycles. The van der Waals surface area contributed by atoms with Gasteiger partial charge in [0.1, 0.15) is 23.6 Å². The summed E-state index contributed by atoms with van der Waals surface area (Å²) < 4.78 is 10.5. The Morgan fingerprint density at radius 1 is 1.26 bits per heavy atom. The highest BCUT2D eigenvalue weighted by molar-refractivity contribution is 6.05. The lowest BCUT2D eigenvalue weighted by molar-refractivity contribution is -0.126. The summed E-state index contributed by atoms with van der Waals surface area (Å²) in [6.07, 6.45) is 1.58. The van der Waals surface area contributed by atoms with Crippen LogP contribution in [0.3, 0.4) is 0 Å². The molecule has 0 saturated carbocycles. The highest BCUT2D eigenvalue weighted by atomic mass is 16.5. The first kappa shape index (κ1) is 11.8. The van der Waals surface area contributed by atoms with Gasteiger partial charge in [-0.15, -0.1) is 0 Å². The van der Waals surface area contributed by atoms with E-state index in [1.54, 1.807) is 24.3 Å². The Balaban J connectivity index is 1.91. The van der Waals surface area contributed by atoms with Crippen LogP contribution in [0.5, 0.6) is 5.75 Å². The van der Waals surface area contributed by atoms with Crippen molar-refractivity contribution in [2.24, 2.45) is 5.73 Å². The Morgan fingerprint density at radius 3 is 2.58 bits per heavy atom. The lowest BCUT2D eigenvalue weighted by Crippen LogP contribution is -2.63. The maximum atomic E-state index is 12.0. The maximum absolute atomic E-state index is 12.0. The number of methoxy groups -OCH3 is 1. The van der Waals surface area contributed by atoms with Crippen LogP contribution in [0.4, 0.5) is 5.69 Å². The number of nitrogens with zero attached hydrogens (tertiary/aromatic N) is 1. The molecule has 1 aromatic carbocycles. The van der Waals surface area contributed by atoms with Gasteiger partial charge in [0, 0.05) is 5.69 Å². The van der Waals surface area contributed by atoms with E-state index in [0.717, 1.165) is 11.4 Å². The van der Waals surface area contributed by atoms with E-state index in [1.165, 1.54) is 0 Å². The quantitative estimate of drug-likeness (QED) is 0.851. The van der Waals surface area contributed by atoms with Gasteiger partial charge in [-0.25, -0.2) is 0 Å². The van der Waals surface area contributed by atoms with Crippen molar-refractivity contribution in [3.05, 3.63) is 48.4 Å². The zero-order valence-corrected chi connectivity index (χ0v) is 10.4. The molecular formula is C14H14N2O3. The molecule has 0 unspecified atom stereocenters. The predicted octanol–water partition coefficient (Wildman–Crippen LogP) is 1.70. The average molecular weight is 258 g/mol. The van der Waals surface area contributed by atoms with E-state index in [0.29, 0.717) is 5.76 Å². The van der Waals surface area contributed by atoms with E-state index in [2.05, 4.69) is 0 Å². The molecule has 0 radical (unpaired) electrons. The van der Waals surface area contributed by atoms with Gasteiger partial charge in [0.15, 0.2) is 0 Å². The standard InChI is InChI=1S/C14H14N2O3/c1-18-10-6-4-9(5-7-10)16-13(12(15)14(16)17)11-3-2-8-19-11/h2-8,12-13H,15H2,1H3/t12-,13-/m1/s1. The van der Waals surface area contributed by atoms with Gasteiger partial charge in [-0.3, -0.25) is 9.69 Å². The molecule has 1 fully saturated rings. The fourth-order valence-corrected chi connectivity index (χ4v) is 2.31.